The minimum Gasteiger partial charge on any atom is -0.484 e. The Morgan fingerprint density at radius 3 is 2.46 bits per heavy atom. The van der Waals surface area contributed by atoms with E-state index in [9.17, 15) is 4.79 Å². The number of pyridine rings is 1. The van der Waals surface area contributed by atoms with Crippen LogP contribution in [-0.2, 0) is 4.79 Å². The van der Waals surface area contributed by atoms with Gasteiger partial charge in [-0.3, -0.25) is 4.79 Å². The normalized spacial score (nSPS) is 11.5. The van der Waals surface area contributed by atoms with Crippen LogP contribution in [0.2, 0.25) is 10.0 Å². The molecule has 0 aliphatic rings. The number of nitrogens with zero attached hydrogens (tertiary/aromatic N) is 1. The van der Waals surface area contributed by atoms with E-state index in [-0.39, 0.29) is 18.6 Å². The van der Waals surface area contributed by atoms with Crippen molar-refractivity contribution in [1.82, 2.24) is 10.3 Å². The highest BCUT2D eigenvalue weighted by atomic mass is 35.5. The lowest BCUT2D eigenvalue weighted by Crippen LogP contribution is -2.31. The molecule has 2 aromatic carbocycles. The summed E-state index contributed by atoms with van der Waals surface area (Å²) < 4.78 is 11.1. The van der Waals surface area contributed by atoms with E-state index < -0.39 is 0 Å². The predicted octanol–water partition coefficient (Wildman–Crippen LogP) is 5.44. The molecule has 1 heterocycles. The third-order valence-corrected chi connectivity index (χ3v) is 4.61. The monoisotopic (exact) mass is 416 g/mol. The highest BCUT2D eigenvalue weighted by molar-refractivity contribution is 6.42. The summed E-state index contributed by atoms with van der Waals surface area (Å²) in [5.41, 5.74) is 0.860. The molecule has 0 aliphatic heterocycles. The van der Waals surface area contributed by atoms with Crippen LogP contribution in [0.1, 0.15) is 18.5 Å². The zero-order chi connectivity index (χ0) is 19.9. The van der Waals surface area contributed by atoms with Crippen molar-refractivity contribution in [2.75, 3.05) is 6.61 Å². The number of aromatic nitrogens is 1. The first-order valence-corrected chi connectivity index (χ1v) is 9.33. The quantitative estimate of drug-likeness (QED) is 0.557. The van der Waals surface area contributed by atoms with Gasteiger partial charge in [-0.25, -0.2) is 4.98 Å². The molecule has 1 aromatic heterocycles. The van der Waals surface area contributed by atoms with Gasteiger partial charge in [-0.15, -0.1) is 0 Å². The van der Waals surface area contributed by atoms with Gasteiger partial charge in [0.1, 0.15) is 11.5 Å². The Morgan fingerprint density at radius 2 is 1.79 bits per heavy atom. The Kier molecular flexibility index (Phi) is 6.74. The summed E-state index contributed by atoms with van der Waals surface area (Å²) >= 11 is 11.9. The van der Waals surface area contributed by atoms with E-state index in [1.54, 1.807) is 48.7 Å². The molecule has 0 saturated heterocycles. The van der Waals surface area contributed by atoms with Crippen molar-refractivity contribution >= 4 is 29.1 Å². The number of amides is 1. The number of carbonyl (C=O) groups excluding carboxylic acids is 1. The maximum atomic E-state index is 12.1. The fraction of sp³-hybridized carbons (Fsp3) is 0.143. The van der Waals surface area contributed by atoms with E-state index in [1.807, 2.05) is 25.1 Å². The Hall–Kier alpha value is -2.76. The smallest absolute Gasteiger partial charge is 0.258 e. The maximum Gasteiger partial charge on any atom is 0.258 e. The molecule has 0 aliphatic carbocycles. The van der Waals surface area contributed by atoms with Gasteiger partial charge in [0.05, 0.1) is 16.1 Å². The Labute approximate surface area is 173 Å². The van der Waals surface area contributed by atoms with Gasteiger partial charge in [-0.2, -0.15) is 0 Å². The molecule has 3 aromatic rings. The second kappa shape index (κ2) is 9.44. The zero-order valence-corrected chi connectivity index (χ0v) is 16.6. The molecule has 0 fully saturated rings. The summed E-state index contributed by atoms with van der Waals surface area (Å²) in [6.07, 6.45) is 1.66. The van der Waals surface area contributed by atoms with Crippen LogP contribution in [0, 0.1) is 0 Å². The van der Waals surface area contributed by atoms with Crippen LogP contribution in [0.15, 0.2) is 66.9 Å². The van der Waals surface area contributed by atoms with E-state index in [4.69, 9.17) is 32.7 Å². The van der Waals surface area contributed by atoms with Crippen molar-refractivity contribution in [2.24, 2.45) is 0 Å². The number of ether oxygens (including phenoxy) is 2. The summed E-state index contributed by atoms with van der Waals surface area (Å²) in [6, 6.07) is 17.4. The van der Waals surface area contributed by atoms with E-state index in [0.717, 1.165) is 5.56 Å². The van der Waals surface area contributed by atoms with Gasteiger partial charge >= 0.3 is 0 Å². The largest absolute Gasteiger partial charge is 0.484 e. The van der Waals surface area contributed by atoms with Gasteiger partial charge in [0, 0.05) is 12.3 Å². The molecule has 1 N–H and O–H groups in total. The summed E-state index contributed by atoms with van der Waals surface area (Å²) in [5.74, 6) is 1.45. The number of rotatable bonds is 7. The van der Waals surface area contributed by atoms with Crippen LogP contribution in [0.3, 0.4) is 0 Å². The summed E-state index contributed by atoms with van der Waals surface area (Å²) in [5, 5.41) is 3.78. The van der Waals surface area contributed by atoms with Gasteiger partial charge in [0.15, 0.2) is 6.61 Å². The highest BCUT2D eigenvalue weighted by Gasteiger charge is 2.12. The molecule has 5 nitrogen and oxygen atoms in total. The average Bonchev–Trinajstić information content (AvgIpc) is 2.70. The number of nitrogens with one attached hydrogen (secondary N) is 1. The first-order chi connectivity index (χ1) is 13.5. The van der Waals surface area contributed by atoms with Crippen LogP contribution < -0.4 is 14.8 Å². The Bertz CT molecular complexity index is 934. The van der Waals surface area contributed by atoms with Gasteiger partial charge in [0.25, 0.3) is 5.91 Å². The Morgan fingerprint density at radius 1 is 1.04 bits per heavy atom. The van der Waals surface area contributed by atoms with Crippen molar-refractivity contribution < 1.29 is 14.3 Å². The predicted molar refractivity (Wildman–Crippen MR) is 109 cm³/mol. The molecule has 28 heavy (non-hydrogen) atoms. The van der Waals surface area contributed by atoms with Gasteiger partial charge in [0.2, 0.25) is 5.88 Å². The van der Waals surface area contributed by atoms with E-state index in [2.05, 4.69) is 10.3 Å². The number of benzene rings is 2. The minimum absolute atomic E-state index is 0.105. The van der Waals surface area contributed by atoms with E-state index in [0.29, 0.717) is 27.4 Å². The average molecular weight is 417 g/mol. The first-order valence-electron chi connectivity index (χ1n) is 8.57. The molecule has 1 amide bonds. The first kappa shape index (κ1) is 20.0. The fourth-order valence-electron chi connectivity index (χ4n) is 2.43. The number of hydrogen-bond donors (Lipinski definition) is 1. The van der Waals surface area contributed by atoms with E-state index >= 15 is 0 Å². The minimum atomic E-state index is -0.243. The van der Waals surface area contributed by atoms with Crippen molar-refractivity contribution in [1.29, 1.82) is 0 Å². The second-order valence-corrected chi connectivity index (χ2v) is 6.81. The molecule has 0 saturated carbocycles. The zero-order valence-electron chi connectivity index (χ0n) is 15.1. The lowest BCUT2D eigenvalue weighted by molar-refractivity contribution is -0.123. The molecule has 1 atom stereocenters. The number of hydrogen-bond acceptors (Lipinski definition) is 4. The van der Waals surface area contributed by atoms with Gasteiger partial charge < -0.3 is 14.8 Å². The third-order valence-electron chi connectivity index (χ3n) is 3.87. The number of carbonyl (C=O) groups is 1. The maximum absolute atomic E-state index is 12.1. The summed E-state index contributed by atoms with van der Waals surface area (Å²) in [4.78, 5) is 16.2. The van der Waals surface area contributed by atoms with Crippen LogP contribution in [0.5, 0.6) is 17.4 Å². The molecule has 0 spiro atoms. The van der Waals surface area contributed by atoms with Crippen LogP contribution in [-0.4, -0.2) is 17.5 Å². The topological polar surface area (TPSA) is 60.5 Å². The molecule has 0 unspecified atom stereocenters. The van der Waals surface area contributed by atoms with Crippen molar-refractivity contribution in [3.8, 4) is 17.4 Å². The second-order valence-electron chi connectivity index (χ2n) is 5.99. The van der Waals surface area contributed by atoms with Crippen molar-refractivity contribution in [3.63, 3.8) is 0 Å². The lowest BCUT2D eigenvalue weighted by Gasteiger charge is -2.15. The molecular formula is C21H18Cl2N2O3. The third kappa shape index (κ3) is 5.62. The molecule has 7 heteroatoms. The molecule has 0 radical (unpaired) electrons. The van der Waals surface area contributed by atoms with Crippen LogP contribution >= 0.6 is 23.2 Å². The highest BCUT2D eigenvalue weighted by Crippen LogP contribution is 2.25. The number of halogens is 2. The fourth-order valence-corrected chi connectivity index (χ4v) is 2.74. The van der Waals surface area contributed by atoms with Crippen LogP contribution in [0.4, 0.5) is 0 Å². The Balaban J connectivity index is 1.49. The van der Waals surface area contributed by atoms with Gasteiger partial charge in [-0.1, -0.05) is 35.3 Å². The molecule has 144 valence electrons. The van der Waals surface area contributed by atoms with Crippen LogP contribution in [0.25, 0.3) is 0 Å². The summed E-state index contributed by atoms with van der Waals surface area (Å²) in [7, 11) is 0. The van der Waals surface area contributed by atoms with Crippen molar-refractivity contribution in [3.05, 3.63) is 82.5 Å². The molecule has 0 bridgehead atoms. The van der Waals surface area contributed by atoms with Gasteiger partial charge in [-0.05, 0) is 55.0 Å². The lowest BCUT2D eigenvalue weighted by atomic mass is 10.1. The molecule has 3 rings (SSSR count). The standard InChI is InChI=1S/C21H18Cl2N2O3/c1-14(15-5-10-18(22)19(23)12-15)25-20(26)13-27-16-6-8-17(9-7-16)28-21-4-2-3-11-24-21/h2-12,14H,13H2,1H3,(H,25,26)/t14-/m1/s1. The van der Waals surface area contributed by atoms with E-state index in [1.165, 1.54) is 0 Å². The summed E-state index contributed by atoms with van der Waals surface area (Å²) in [6.45, 7) is 1.76. The SMILES string of the molecule is C[C@@H](NC(=O)COc1ccc(Oc2ccccn2)cc1)c1ccc(Cl)c(Cl)c1. The molecular weight excluding hydrogens is 399 g/mol. The van der Waals surface area contributed by atoms with Crippen molar-refractivity contribution in [2.45, 2.75) is 13.0 Å².